The molecule has 0 atom stereocenters. The van der Waals surface area contributed by atoms with Crippen LogP contribution in [0, 0.1) is 0 Å². The summed E-state index contributed by atoms with van der Waals surface area (Å²) >= 11 is 0. The molecule has 3 aromatic heterocycles. The van der Waals surface area contributed by atoms with Gasteiger partial charge < -0.3 is 19.6 Å². The smallest absolute Gasteiger partial charge is 0.276 e. The number of rotatable bonds is 7. The van der Waals surface area contributed by atoms with Crippen molar-refractivity contribution in [1.82, 2.24) is 24.5 Å². The predicted molar refractivity (Wildman–Crippen MR) is 109 cm³/mol. The molecule has 4 aromatic rings. The van der Waals surface area contributed by atoms with Crippen LogP contribution in [0.15, 0.2) is 65.8 Å². The minimum atomic E-state index is -0.203. The summed E-state index contributed by atoms with van der Waals surface area (Å²) in [5.41, 5.74) is 2.42. The van der Waals surface area contributed by atoms with Crippen LogP contribution >= 0.6 is 0 Å². The fraction of sp³-hybridized carbons (Fsp3) is 0.190. The van der Waals surface area contributed by atoms with Crippen molar-refractivity contribution < 1.29 is 9.53 Å². The molecule has 0 aliphatic heterocycles. The highest BCUT2D eigenvalue weighted by molar-refractivity contribution is 5.92. The summed E-state index contributed by atoms with van der Waals surface area (Å²) in [6.07, 6.45) is 5.10. The molecule has 0 spiro atoms. The third kappa shape index (κ3) is 3.91. The van der Waals surface area contributed by atoms with Crippen LogP contribution in [0.5, 0.6) is 5.75 Å². The van der Waals surface area contributed by atoms with Gasteiger partial charge in [0.1, 0.15) is 17.0 Å². The van der Waals surface area contributed by atoms with E-state index in [2.05, 4.69) is 15.4 Å². The van der Waals surface area contributed by atoms with E-state index in [-0.39, 0.29) is 11.5 Å². The zero-order chi connectivity index (χ0) is 20.2. The Morgan fingerprint density at radius 3 is 2.76 bits per heavy atom. The van der Waals surface area contributed by atoms with Crippen molar-refractivity contribution in [3.63, 3.8) is 0 Å². The number of benzene rings is 1. The predicted octanol–water partition coefficient (Wildman–Crippen LogP) is 2.32. The Morgan fingerprint density at radius 2 is 2.03 bits per heavy atom. The first-order valence-corrected chi connectivity index (χ1v) is 9.39. The molecule has 0 saturated heterocycles. The summed E-state index contributed by atoms with van der Waals surface area (Å²) in [6, 6.07) is 12.8. The highest BCUT2D eigenvalue weighted by atomic mass is 16.5. The minimum Gasteiger partial charge on any atom is -0.494 e. The first-order chi connectivity index (χ1) is 14.2. The Labute approximate surface area is 166 Å². The standard InChI is InChI=1S/C21H21N5O3/c1-2-29-16-7-5-15(6-8-16)18-14-19-21(28)25(12-13-26(19)24-18)11-10-23-20(27)17-4-3-9-22-17/h3-9,12-14,22H,2,10-11H2,1H3,(H,23,27). The van der Waals surface area contributed by atoms with Crippen LogP contribution in [0.25, 0.3) is 16.8 Å². The maximum absolute atomic E-state index is 12.8. The van der Waals surface area contributed by atoms with Gasteiger partial charge in [0, 0.05) is 37.2 Å². The van der Waals surface area contributed by atoms with Gasteiger partial charge in [0.2, 0.25) is 0 Å². The first-order valence-electron chi connectivity index (χ1n) is 9.39. The molecule has 0 saturated carbocycles. The van der Waals surface area contributed by atoms with Crippen LogP contribution in [-0.2, 0) is 6.54 Å². The molecule has 0 aliphatic carbocycles. The highest BCUT2D eigenvalue weighted by Gasteiger charge is 2.10. The topological polar surface area (TPSA) is 93.4 Å². The van der Waals surface area contributed by atoms with Crippen molar-refractivity contribution in [2.75, 3.05) is 13.2 Å². The van der Waals surface area contributed by atoms with Crippen LogP contribution in [0.1, 0.15) is 17.4 Å². The van der Waals surface area contributed by atoms with E-state index in [9.17, 15) is 9.59 Å². The van der Waals surface area contributed by atoms with E-state index in [0.29, 0.717) is 36.6 Å². The number of nitrogens with zero attached hydrogens (tertiary/aromatic N) is 3. The van der Waals surface area contributed by atoms with Gasteiger partial charge in [-0.3, -0.25) is 9.59 Å². The van der Waals surface area contributed by atoms with Crippen LogP contribution in [0.3, 0.4) is 0 Å². The van der Waals surface area contributed by atoms with E-state index >= 15 is 0 Å². The molecular formula is C21H21N5O3. The number of carbonyl (C=O) groups is 1. The molecule has 1 aromatic carbocycles. The SMILES string of the molecule is CCOc1ccc(-c2cc3c(=O)n(CCNC(=O)c4ccc[nH]4)ccn3n2)cc1. The molecule has 8 nitrogen and oxygen atoms in total. The zero-order valence-electron chi connectivity index (χ0n) is 16.0. The summed E-state index contributed by atoms with van der Waals surface area (Å²) in [5.74, 6) is 0.593. The van der Waals surface area contributed by atoms with Gasteiger partial charge in [0.05, 0.1) is 12.3 Å². The van der Waals surface area contributed by atoms with Gasteiger partial charge in [0.15, 0.2) is 0 Å². The van der Waals surface area contributed by atoms with Crippen molar-refractivity contribution in [3.8, 4) is 17.0 Å². The van der Waals surface area contributed by atoms with Gasteiger partial charge in [-0.25, -0.2) is 4.52 Å². The number of hydrogen-bond acceptors (Lipinski definition) is 4. The number of amides is 1. The molecule has 148 valence electrons. The van der Waals surface area contributed by atoms with E-state index in [4.69, 9.17) is 4.74 Å². The lowest BCUT2D eigenvalue weighted by atomic mass is 10.1. The van der Waals surface area contributed by atoms with Gasteiger partial charge in [-0.15, -0.1) is 0 Å². The van der Waals surface area contributed by atoms with Crippen molar-refractivity contribution in [2.24, 2.45) is 0 Å². The number of H-pyrrole nitrogens is 1. The second kappa shape index (κ2) is 8.05. The highest BCUT2D eigenvalue weighted by Crippen LogP contribution is 2.21. The van der Waals surface area contributed by atoms with Crippen LogP contribution in [0.4, 0.5) is 0 Å². The van der Waals surface area contributed by atoms with Crippen molar-refractivity contribution in [1.29, 1.82) is 0 Å². The molecule has 0 aliphatic rings. The van der Waals surface area contributed by atoms with Gasteiger partial charge >= 0.3 is 0 Å². The molecule has 2 N–H and O–H groups in total. The van der Waals surface area contributed by atoms with Crippen LogP contribution in [-0.4, -0.2) is 38.2 Å². The molecule has 0 bridgehead atoms. The largest absolute Gasteiger partial charge is 0.494 e. The average molecular weight is 391 g/mol. The lowest BCUT2D eigenvalue weighted by Crippen LogP contribution is -2.31. The van der Waals surface area contributed by atoms with Crippen molar-refractivity contribution >= 4 is 11.4 Å². The van der Waals surface area contributed by atoms with Gasteiger partial charge in [-0.05, 0) is 49.4 Å². The summed E-state index contributed by atoms with van der Waals surface area (Å²) < 4.78 is 8.59. The molecule has 0 radical (unpaired) electrons. The van der Waals surface area contributed by atoms with Crippen LogP contribution < -0.4 is 15.6 Å². The number of ether oxygens (including phenoxy) is 1. The second-order valence-corrected chi connectivity index (χ2v) is 6.45. The lowest BCUT2D eigenvalue weighted by Gasteiger charge is -2.07. The number of aromatic amines is 1. The van der Waals surface area contributed by atoms with E-state index in [1.165, 1.54) is 0 Å². The number of nitrogens with one attached hydrogen (secondary N) is 2. The van der Waals surface area contributed by atoms with Gasteiger partial charge in [-0.2, -0.15) is 5.10 Å². The average Bonchev–Trinajstić information content (AvgIpc) is 3.41. The number of carbonyl (C=O) groups excluding carboxylic acids is 1. The molecule has 8 heteroatoms. The van der Waals surface area contributed by atoms with E-state index in [0.717, 1.165) is 11.3 Å². The Kier molecular flexibility index (Phi) is 5.15. The summed E-state index contributed by atoms with van der Waals surface area (Å²) in [6.45, 7) is 3.25. The summed E-state index contributed by atoms with van der Waals surface area (Å²) in [4.78, 5) is 27.6. The molecule has 3 heterocycles. The van der Waals surface area contributed by atoms with E-state index < -0.39 is 0 Å². The number of hydrogen-bond donors (Lipinski definition) is 2. The summed E-state index contributed by atoms with van der Waals surface area (Å²) in [7, 11) is 0. The Bertz CT molecular complexity index is 1170. The molecule has 1 amide bonds. The fourth-order valence-electron chi connectivity index (χ4n) is 3.09. The third-order valence-corrected chi connectivity index (χ3v) is 4.55. The summed E-state index contributed by atoms with van der Waals surface area (Å²) in [5, 5.41) is 7.28. The Morgan fingerprint density at radius 1 is 1.21 bits per heavy atom. The number of fused-ring (bicyclic) bond motifs is 1. The van der Waals surface area contributed by atoms with Gasteiger partial charge in [-0.1, -0.05) is 0 Å². The Balaban J connectivity index is 1.50. The maximum atomic E-state index is 12.8. The third-order valence-electron chi connectivity index (χ3n) is 4.55. The van der Waals surface area contributed by atoms with E-state index in [1.807, 2.05) is 31.2 Å². The zero-order valence-corrected chi connectivity index (χ0v) is 16.0. The fourth-order valence-corrected chi connectivity index (χ4v) is 3.09. The minimum absolute atomic E-state index is 0.161. The molecule has 0 fully saturated rings. The normalized spacial score (nSPS) is 10.9. The molecule has 4 rings (SSSR count). The molecule has 29 heavy (non-hydrogen) atoms. The molecular weight excluding hydrogens is 370 g/mol. The number of aromatic nitrogens is 4. The second-order valence-electron chi connectivity index (χ2n) is 6.45. The van der Waals surface area contributed by atoms with E-state index in [1.54, 1.807) is 45.9 Å². The molecule has 0 unspecified atom stereocenters. The van der Waals surface area contributed by atoms with Crippen molar-refractivity contribution in [3.05, 3.63) is 77.1 Å². The lowest BCUT2D eigenvalue weighted by molar-refractivity contribution is 0.0948. The Hall–Kier alpha value is -3.81. The monoisotopic (exact) mass is 391 g/mol. The van der Waals surface area contributed by atoms with Crippen molar-refractivity contribution in [2.45, 2.75) is 13.5 Å². The quantitative estimate of drug-likeness (QED) is 0.506. The first kappa shape index (κ1) is 18.5. The van der Waals surface area contributed by atoms with Gasteiger partial charge in [0.25, 0.3) is 11.5 Å². The van der Waals surface area contributed by atoms with Crippen LogP contribution in [0.2, 0.25) is 0 Å². The maximum Gasteiger partial charge on any atom is 0.276 e.